The molecular weight excluding hydrogens is 440 g/mol. The third kappa shape index (κ3) is 3.62. The number of fused-ring (bicyclic) bond motifs is 1. The largest absolute Gasteiger partial charge is 0.352 e. The van der Waals surface area contributed by atoms with Crippen LogP contribution in [0.1, 0.15) is 48.8 Å². The fourth-order valence-corrected chi connectivity index (χ4v) is 6.76. The minimum atomic E-state index is 0.351. The summed E-state index contributed by atoms with van der Waals surface area (Å²) in [5.41, 5.74) is 7.94. The van der Waals surface area contributed by atoms with E-state index in [1.54, 1.807) is 0 Å². The van der Waals surface area contributed by atoms with E-state index in [4.69, 9.17) is 0 Å². The lowest BCUT2D eigenvalue weighted by atomic mass is 9.79. The first kappa shape index (κ1) is 22.9. The zero-order valence-corrected chi connectivity index (χ0v) is 21.9. The van der Waals surface area contributed by atoms with Gasteiger partial charge in [0.25, 0.3) is 5.82 Å². The molecule has 6 rings (SSSR count). The van der Waals surface area contributed by atoms with Gasteiger partial charge in [0.2, 0.25) is 0 Å². The molecule has 2 heterocycles. The highest BCUT2D eigenvalue weighted by Crippen LogP contribution is 2.49. The van der Waals surface area contributed by atoms with E-state index in [2.05, 4.69) is 132 Å². The second kappa shape index (κ2) is 9.16. The Balaban J connectivity index is 1.30. The van der Waals surface area contributed by atoms with Crippen molar-refractivity contribution >= 4 is 17.1 Å². The molecule has 0 amide bonds. The van der Waals surface area contributed by atoms with E-state index in [1.165, 1.54) is 65.6 Å². The van der Waals surface area contributed by atoms with E-state index in [0.717, 1.165) is 0 Å². The number of rotatable bonds is 4. The number of imidazole rings is 1. The van der Waals surface area contributed by atoms with E-state index in [9.17, 15) is 0 Å². The van der Waals surface area contributed by atoms with Gasteiger partial charge < -0.3 is 9.80 Å². The van der Waals surface area contributed by atoms with Crippen LogP contribution in [0.15, 0.2) is 84.9 Å². The van der Waals surface area contributed by atoms with Crippen molar-refractivity contribution in [2.75, 3.05) is 16.8 Å². The molecule has 0 radical (unpaired) electrons. The van der Waals surface area contributed by atoms with E-state index >= 15 is 0 Å². The normalized spacial score (nSPS) is 21.6. The number of benzene rings is 3. The number of nitrogens with zero attached hydrogens (tertiary/aromatic N) is 4. The van der Waals surface area contributed by atoms with Gasteiger partial charge in [-0.1, -0.05) is 48.5 Å². The van der Waals surface area contributed by atoms with Crippen LogP contribution in [0.25, 0.3) is 5.69 Å². The zero-order valence-electron chi connectivity index (χ0n) is 21.9. The third-order valence-corrected chi connectivity index (χ3v) is 8.72. The molecule has 0 spiro atoms. The third-order valence-electron chi connectivity index (χ3n) is 8.72. The molecule has 36 heavy (non-hydrogen) atoms. The molecule has 0 N–H and O–H groups in total. The lowest BCUT2D eigenvalue weighted by molar-refractivity contribution is -0.686. The summed E-state index contributed by atoms with van der Waals surface area (Å²) < 4.78 is 4.95. The Morgan fingerprint density at radius 3 is 1.89 bits per heavy atom. The highest BCUT2D eigenvalue weighted by atomic mass is 15.4. The van der Waals surface area contributed by atoms with Gasteiger partial charge in [-0.05, 0) is 68.0 Å². The number of hydrogen-bond acceptors (Lipinski definition) is 2. The molecule has 184 valence electrons. The molecule has 1 aromatic heterocycles. The predicted molar refractivity (Wildman–Crippen MR) is 148 cm³/mol. The van der Waals surface area contributed by atoms with E-state index in [0.29, 0.717) is 18.0 Å². The highest BCUT2D eigenvalue weighted by Gasteiger charge is 2.43. The van der Waals surface area contributed by atoms with Crippen LogP contribution in [-0.4, -0.2) is 17.8 Å². The molecule has 1 atom stereocenters. The zero-order chi connectivity index (χ0) is 24.8. The molecule has 2 aliphatic rings. The van der Waals surface area contributed by atoms with Gasteiger partial charge >= 0.3 is 0 Å². The van der Waals surface area contributed by atoms with Gasteiger partial charge in [-0.2, -0.15) is 4.57 Å². The predicted octanol–water partition coefficient (Wildman–Crippen LogP) is 6.81. The van der Waals surface area contributed by atoms with E-state index in [1.807, 2.05) is 0 Å². The monoisotopic (exact) mass is 477 g/mol. The van der Waals surface area contributed by atoms with Gasteiger partial charge in [-0.15, -0.1) is 0 Å². The smallest absolute Gasteiger partial charge is 0.264 e. The Bertz CT molecular complexity index is 1350. The highest BCUT2D eigenvalue weighted by molar-refractivity contribution is 5.83. The SMILES string of the molecule is Cc1c(C)[n+](C)c(C2CCC(C3N(C)c4ccccc4N3c3ccccc3)CC2)n1-c1ccccc1. The van der Waals surface area contributed by atoms with Crippen molar-refractivity contribution < 1.29 is 4.57 Å². The van der Waals surface area contributed by atoms with E-state index in [-0.39, 0.29) is 0 Å². The van der Waals surface area contributed by atoms with Crippen molar-refractivity contribution in [2.24, 2.45) is 13.0 Å². The fourth-order valence-electron chi connectivity index (χ4n) is 6.76. The van der Waals surface area contributed by atoms with Crippen molar-refractivity contribution in [3.8, 4) is 5.69 Å². The Morgan fingerprint density at radius 2 is 1.25 bits per heavy atom. The molecule has 1 saturated carbocycles. The van der Waals surface area contributed by atoms with Crippen LogP contribution in [0, 0.1) is 19.8 Å². The summed E-state index contributed by atoms with van der Waals surface area (Å²) >= 11 is 0. The van der Waals surface area contributed by atoms with Gasteiger partial charge in [0.1, 0.15) is 23.2 Å². The summed E-state index contributed by atoms with van der Waals surface area (Å²) in [5.74, 6) is 2.64. The molecular formula is C32H37N4+. The average molecular weight is 478 g/mol. The summed E-state index contributed by atoms with van der Waals surface area (Å²) in [6.45, 7) is 4.52. The molecule has 0 bridgehead atoms. The standard InChI is InChI=1S/C32H37N4/c1-23-24(2)35(27-13-7-5-8-14-27)31(33(23)3)25-19-21-26(22-20-25)32-34(4)29-17-11-12-18-30(29)36(32)28-15-9-6-10-16-28/h5-18,25-26,32H,19-22H2,1-4H3/q+1. The quantitative estimate of drug-likeness (QED) is 0.300. The summed E-state index contributed by atoms with van der Waals surface area (Å²) in [6, 6.07) is 30.7. The molecule has 3 aromatic carbocycles. The van der Waals surface area contributed by atoms with Gasteiger partial charge in [0.15, 0.2) is 0 Å². The Morgan fingerprint density at radius 1 is 0.694 bits per heavy atom. The van der Waals surface area contributed by atoms with Crippen LogP contribution < -0.4 is 14.4 Å². The number of aromatic nitrogens is 2. The van der Waals surface area contributed by atoms with Crippen LogP contribution >= 0.6 is 0 Å². The van der Waals surface area contributed by atoms with Crippen LogP contribution in [0.4, 0.5) is 17.1 Å². The van der Waals surface area contributed by atoms with Crippen molar-refractivity contribution in [1.29, 1.82) is 0 Å². The summed E-state index contributed by atoms with van der Waals surface area (Å²) in [5, 5.41) is 0. The maximum Gasteiger partial charge on any atom is 0.264 e. The van der Waals surface area contributed by atoms with Gasteiger partial charge in [-0.25, -0.2) is 4.57 Å². The van der Waals surface area contributed by atoms with Crippen LogP contribution in [0.2, 0.25) is 0 Å². The molecule has 1 aliphatic carbocycles. The van der Waals surface area contributed by atoms with E-state index < -0.39 is 0 Å². The summed E-state index contributed by atoms with van der Waals surface area (Å²) in [4.78, 5) is 5.11. The molecule has 0 saturated heterocycles. The molecule has 1 fully saturated rings. The van der Waals surface area contributed by atoms with Crippen molar-refractivity contribution in [3.05, 3.63) is 102 Å². The fraction of sp³-hybridized carbons (Fsp3) is 0.344. The van der Waals surface area contributed by atoms with Gasteiger partial charge in [0.05, 0.1) is 24.3 Å². The van der Waals surface area contributed by atoms with Crippen molar-refractivity contribution in [3.63, 3.8) is 0 Å². The maximum atomic E-state index is 2.58. The topological polar surface area (TPSA) is 15.3 Å². The number of hydrogen-bond donors (Lipinski definition) is 0. The van der Waals surface area contributed by atoms with Crippen LogP contribution in [0.5, 0.6) is 0 Å². The average Bonchev–Trinajstić information content (AvgIpc) is 3.35. The lowest BCUT2D eigenvalue weighted by Gasteiger charge is -2.40. The Kier molecular flexibility index (Phi) is 5.83. The molecule has 1 unspecified atom stereocenters. The first-order valence-corrected chi connectivity index (χ1v) is 13.4. The maximum absolute atomic E-state index is 2.58. The molecule has 4 aromatic rings. The second-order valence-corrected chi connectivity index (χ2v) is 10.6. The first-order valence-electron chi connectivity index (χ1n) is 13.4. The van der Waals surface area contributed by atoms with Crippen LogP contribution in [0.3, 0.4) is 0 Å². The Hall–Kier alpha value is -3.53. The van der Waals surface area contributed by atoms with Gasteiger partial charge in [0, 0.05) is 26.6 Å². The number of para-hydroxylation sites is 4. The second-order valence-electron chi connectivity index (χ2n) is 10.6. The number of anilines is 3. The molecule has 4 heteroatoms. The summed E-state index contributed by atoms with van der Waals surface area (Å²) in [6.07, 6.45) is 5.25. The molecule has 1 aliphatic heterocycles. The lowest BCUT2D eigenvalue weighted by Crippen LogP contribution is -2.46. The van der Waals surface area contributed by atoms with Crippen molar-refractivity contribution in [1.82, 2.24) is 4.57 Å². The Labute approximate surface area is 215 Å². The first-order chi connectivity index (χ1) is 17.6. The minimum absolute atomic E-state index is 0.351. The van der Waals surface area contributed by atoms with Crippen LogP contribution in [-0.2, 0) is 7.05 Å². The van der Waals surface area contributed by atoms with Crippen molar-refractivity contribution in [2.45, 2.75) is 51.6 Å². The molecule has 4 nitrogen and oxygen atoms in total. The summed E-state index contributed by atoms with van der Waals surface area (Å²) in [7, 11) is 4.54. The minimum Gasteiger partial charge on any atom is -0.352 e. The van der Waals surface area contributed by atoms with Gasteiger partial charge in [-0.3, -0.25) is 0 Å².